The third-order valence-electron chi connectivity index (χ3n) is 9.88. The van der Waals surface area contributed by atoms with Gasteiger partial charge in [0.25, 0.3) is 5.91 Å². The van der Waals surface area contributed by atoms with Crippen LogP contribution >= 0.6 is 11.9 Å². The molecule has 1 saturated heterocycles. The molecular weight excluding hydrogens is 691 g/mol. The van der Waals surface area contributed by atoms with E-state index < -0.39 is 41.8 Å². The van der Waals surface area contributed by atoms with E-state index in [0.29, 0.717) is 32.4 Å². The Hall–Kier alpha value is -4.67. The number of aromatic nitrogens is 1. The van der Waals surface area contributed by atoms with Crippen molar-refractivity contribution >= 4 is 41.5 Å². The number of carbonyl (C=O) groups is 5. The third kappa shape index (κ3) is 11.2. The highest BCUT2D eigenvalue weighted by atomic mass is 32.2. The Balaban J connectivity index is 1.55. The molecule has 284 valence electrons. The molecule has 4 rings (SSSR count). The quantitative estimate of drug-likeness (QED) is 0.0883. The van der Waals surface area contributed by atoms with E-state index in [9.17, 15) is 24.0 Å². The lowest BCUT2D eigenvalue weighted by Crippen LogP contribution is -2.61. The number of likely N-dealkylation sites (tertiary alicyclic amines) is 1. The van der Waals surface area contributed by atoms with Crippen molar-refractivity contribution in [3.8, 4) is 12.3 Å². The zero-order valence-corrected chi connectivity index (χ0v) is 32.2. The van der Waals surface area contributed by atoms with Crippen LogP contribution in [0.15, 0.2) is 66.3 Å². The first-order chi connectivity index (χ1) is 25.2. The first-order valence-corrected chi connectivity index (χ1v) is 18.9. The van der Waals surface area contributed by atoms with E-state index in [2.05, 4.69) is 38.8 Å². The SMILES string of the molecule is C#CCCC(NC(=O)C1C(C)CCN1C(=O)C(NC(=O)NC(CN(C)Sc1ccccn1)C(C)(C)C)C1Cc2ccccc2C1)C(=O)C(=O)NCC=C. The maximum atomic E-state index is 14.7. The molecule has 53 heavy (non-hydrogen) atoms. The van der Waals surface area contributed by atoms with Gasteiger partial charge in [-0.3, -0.25) is 19.2 Å². The average Bonchev–Trinajstić information content (AvgIpc) is 3.74. The molecule has 5 unspecified atom stereocenters. The molecule has 12 nitrogen and oxygen atoms in total. The molecule has 4 N–H and O–H groups in total. The number of nitrogens with zero attached hydrogens (tertiary/aromatic N) is 3. The number of likely N-dealkylation sites (N-methyl/N-ethyl adjacent to an activating group) is 1. The summed E-state index contributed by atoms with van der Waals surface area (Å²) in [6.07, 6.45) is 10.6. The van der Waals surface area contributed by atoms with Crippen LogP contribution in [0.3, 0.4) is 0 Å². The molecule has 0 saturated carbocycles. The number of hydrogen-bond donors (Lipinski definition) is 4. The summed E-state index contributed by atoms with van der Waals surface area (Å²) in [6, 6.07) is 9.90. The summed E-state index contributed by atoms with van der Waals surface area (Å²) in [4.78, 5) is 74.1. The molecule has 1 aliphatic heterocycles. The summed E-state index contributed by atoms with van der Waals surface area (Å²) in [5.41, 5.74) is 1.90. The highest BCUT2D eigenvalue weighted by Crippen LogP contribution is 2.32. The topological polar surface area (TPSA) is 153 Å². The fourth-order valence-corrected chi connectivity index (χ4v) is 7.67. The van der Waals surface area contributed by atoms with Crippen LogP contribution in [-0.2, 0) is 32.0 Å². The van der Waals surface area contributed by atoms with E-state index in [-0.39, 0.29) is 48.6 Å². The number of hydrogen-bond acceptors (Lipinski definition) is 8. The van der Waals surface area contributed by atoms with Crippen LogP contribution in [0.4, 0.5) is 4.79 Å². The highest BCUT2D eigenvalue weighted by molar-refractivity contribution is 7.96. The molecule has 0 radical (unpaired) electrons. The smallest absolute Gasteiger partial charge is 0.315 e. The fraction of sp³-hybridized carbons (Fsp3) is 0.500. The number of urea groups is 1. The van der Waals surface area contributed by atoms with Crippen molar-refractivity contribution in [1.29, 1.82) is 0 Å². The lowest BCUT2D eigenvalue weighted by molar-refractivity contribution is -0.143. The summed E-state index contributed by atoms with van der Waals surface area (Å²) in [5, 5.41) is 12.2. The summed E-state index contributed by atoms with van der Waals surface area (Å²) >= 11 is 1.48. The van der Waals surface area contributed by atoms with Gasteiger partial charge in [-0.15, -0.1) is 18.9 Å². The van der Waals surface area contributed by atoms with Crippen molar-refractivity contribution in [3.63, 3.8) is 0 Å². The molecule has 1 aromatic heterocycles. The summed E-state index contributed by atoms with van der Waals surface area (Å²) < 4.78 is 2.02. The van der Waals surface area contributed by atoms with E-state index in [1.54, 1.807) is 6.20 Å². The molecule has 13 heteroatoms. The lowest BCUT2D eigenvalue weighted by atomic mass is 9.86. The van der Waals surface area contributed by atoms with Gasteiger partial charge in [-0.1, -0.05) is 64.1 Å². The van der Waals surface area contributed by atoms with Gasteiger partial charge in [0.15, 0.2) is 0 Å². The van der Waals surface area contributed by atoms with Gasteiger partial charge in [0.05, 0.1) is 6.04 Å². The molecule has 2 heterocycles. The van der Waals surface area contributed by atoms with Gasteiger partial charge in [0, 0.05) is 38.3 Å². The molecule has 1 aliphatic carbocycles. The van der Waals surface area contributed by atoms with Crippen LogP contribution in [0.1, 0.15) is 58.1 Å². The van der Waals surface area contributed by atoms with E-state index in [1.165, 1.54) is 22.9 Å². The van der Waals surface area contributed by atoms with E-state index in [0.717, 1.165) is 16.2 Å². The Morgan fingerprint density at radius 2 is 1.75 bits per heavy atom. The number of carbonyl (C=O) groups excluding carboxylic acids is 5. The zero-order valence-electron chi connectivity index (χ0n) is 31.4. The minimum absolute atomic E-state index is 0.0623. The Morgan fingerprint density at radius 1 is 1.08 bits per heavy atom. The number of Topliss-reactive ketones (excluding diaryl/α,β-unsaturated/α-hetero) is 1. The fourth-order valence-electron chi connectivity index (χ4n) is 6.88. The third-order valence-corrected chi connectivity index (χ3v) is 10.8. The molecular formula is C40H53N7O5S. The highest BCUT2D eigenvalue weighted by Gasteiger charge is 2.46. The minimum atomic E-state index is -1.17. The second-order valence-electron chi connectivity index (χ2n) is 14.9. The number of terminal acetylenes is 1. The van der Waals surface area contributed by atoms with Crippen LogP contribution in [0.5, 0.6) is 0 Å². The second-order valence-corrected chi connectivity index (χ2v) is 16.2. The minimum Gasteiger partial charge on any atom is -0.346 e. The van der Waals surface area contributed by atoms with Crippen molar-refractivity contribution in [2.45, 2.75) is 89.0 Å². The number of ketones is 1. The summed E-state index contributed by atoms with van der Waals surface area (Å²) in [6.45, 7) is 12.5. The van der Waals surface area contributed by atoms with Crippen LogP contribution in [0.2, 0.25) is 0 Å². The van der Waals surface area contributed by atoms with Crippen molar-refractivity contribution in [2.24, 2.45) is 17.3 Å². The van der Waals surface area contributed by atoms with Crippen molar-refractivity contribution in [1.82, 2.24) is 35.5 Å². The van der Waals surface area contributed by atoms with E-state index in [1.807, 2.05) is 81.5 Å². The standard InChI is InChI=1S/C40H53N7O5S/c1-8-10-17-30(35(48)37(50)42-20-9-2)43-36(49)34-26(3)19-22-47(34)38(51)33(29-23-27-15-11-12-16-28(27)24-29)45-39(52)44-31(40(4,5)6)25-46(7)53-32-18-13-14-21-41-32/h1,9,11-16,18,21,26,29-31,33-34H,2,10,17,19-20,22-25H2,3-7H3,(H,42,50)(H,43,49)(H2,44,45,52). The van der Waals surface area contributed by atoms with E-state index in [4.69, 9.17) is 6.42 Å². The number of nitrogens with one attached hydrogen (secondary N) is 4. The van der Waals surface area contributed by atoms with Crippen molar-refractivity contribution in [3.05, 3.63) is 72.4 Å². The molecule has 2 aliphatic rings. The zero-order chi connectivity index (χ0) is 38.7. The Bertz CT molecular complexity index is 1650. The van der Waals surface area contributed by atoms with Gasteiger partial charge in [0.1, 0.15) is 17.1 Å². The van der Waals surface area contributed by atoms with Crippen LogP contribution in [-0.4, -0.2) is 94.6 Å². The molecule has 2 aromatic rings. The molecule has 1 aromatic carbocycles. The predicted molar refractivity (Wildman–Crippen MR) is 206 cm³/mol. The van der Waals surface area contributed by atoms with Crippen LogP contribution in [0.25, 0.3) is 0 Å². The summed E-state index contributed by atoms with van der Waals surface area (Å²) in [7, 11) is 1.94. The maximum Gasteiger partial charge on any atom is 0.315 e. The van der Waals surface area contributed by atoms with Gasteiger partial charge in [-0.25, -0.2) is 14.1 Å². The molecule has 0 spiro atoms. The number of pyridine rings is 1. The van der Waals surface area contributed by atoms with E-state index >= 15 is 0 Å². The van der Waals surface area contributed by atoms with Gasteiger partial charge in [-0.05, 0) is 85.2 Å². The van der Waals surface area contributed by atoms with Crippen molar-refractivity contribution in [2.75, 3.05) is 26.7 Å². The number of amides is 5. The van der Waals surface area contributed by atoms with Crippen molar-refractivity contribution < 1.29 is 24.0 Å². The second kappa shape index (κ2) is 18.9. The Kier molecular flexibility index (Phi) is 14.6. The predicted octanol–water partition coefficient (Wildman–Crippen LogP) is 3.52. The van der Waals surface area contributed by atoms with Gasteiger partial charge in [-0.2, -0.15) is 0 Å². The Labute approximate surface area is 317 Å². The molecule has 5 atom stereocenters. The average molecular weight is 744 g/mol. The largest absolute Gasteiger partial charge is 0.346 e. The van der Waals surface area contributed by atoms with Gasteiger partial charge < -0.3 is 26.2 Å². The first-order valence-electron chi connectivity index (χ1n) is 18.1. The van der Waals surface area contributed by atoms with Crippen LogP contribution in [0, 0.1) is 29.6 Å². The first kappa shape index (κ1) is 41.1. The Morgan fingerprint density at radius 3 is 2.36 bits per heavy atom. The molecule has 5 amide bonds. The molecule has 0 bridgehead atoms. The number of rotatable bonds is 16. The summed E-state index contributed by atoms with van der Waals surface area (Å²) in [5.74, 6) is -0.629. The van der Waals surface area contributed by atoms with Crippen LogP contribution < -0.4 is 21.3 Å². The van der Waals surface area contributed by atoms with Gasteiger partial charge >= 0.3 is 6.03 Å². The molecule has 1 fully saturated rings. The normalized spacial score (nSPS) is 18.6. The van der Waals surface area contributed by atoms with Gasteiger partial charge in [0.2, 0.25) is 17.6 Å². The number of benzene rings is 1. The number of fused-ring (bicyclic) bond motifs is 1. The lowest BCUT2D eigenvalue weighted by Gasteiger charge is -2.36. The maximum absolute atomic E-state index is 14.7. The monoisotopic (exact) mass is 743 g/mol.